The Kier molecular flexibility index (Phi) is 3.68. The van der Waals surface area contributed by atoms with E-state index in [1.54, 1.807) is 13.0 Å². The highest BCUT2D eigenvalue weighted by atomic mass is 16.6. The van der Waals surface area contributed by atoms with Crippen LogP contribution in [-0.4, -0.2) is 29.5 Å². The lowest BCUT2D eigenvalue weighted by Gasteiger charge is -2.25. The van der Waals surface area contributed by atoms with E-state index in [9.17, 15) is 20.2 Å². The fourth-order valence-electron chi connectivity index (χ4n) is 3.10. The zero-order valence-electron chi connectivity index (χ0n) is 12.9. The SMILES string of the molecule is C[C@@](C#N)(NC(=O)CN1CCc2ccc([N+](=O)[O-])cc21)C1CC1. The Labute approximate surface area is 134 Å². The fourth-order valence-corrected chi connectivity index (χ4v) is 3.10. The first kappa shape index (κ1) is 15.3. The van der Waals surface area contributed by atoms with Crippen LogP contribution in [0.25, 0.3) is 0 Å². The summed E-state index contributed by atoms with van der Waals surface area (Å²) in [7, 11) is 0. The van der Waals surface area contributed by atoms with Crippen LogP contribution in [0.1, 0.15) is 25.3 Å². The number of carbonyl (C=O) groups is 1. The third-order valence-electron chi connectivity index (χ3n) is 4.63. The first-order valence-corrected chi connectivity index (χ1v) is 7.67. The van der Waals surface area contributed by atoms with Crippen molar-refractivity contribution in [1.29, 1.82) is 5.26 Å². The van der Waals surface area contributed by atoms with Crippen molar-refractivity contribution in [2.45, 2.75) is 31.7 Å². The van der Waals surface area contributed by atoms with E-state index >= 15 is 0 Å². The molecule has 2 aliphatic rings. The van der Waals surface area contributed by atoms with E-state index in [0.717, 1.165) is 30.5 Å². The van der Waals surface area contributed by atoms with Gasteiger partial charge in [0.15, 0.2) is 0 Å². The number of carbonyl (C=O) groups excluding carboxylic acids is 1. The van der Waals surface area contributed by atoms with Crippen molar-refractivity contribution in [2.75, 3.05) is 18.0 Å². The van der Waals surface area contributed by atoms with Gasteiger partial charge in [-0.15, -0.1) is 0 Å². The maximum Gasteiger partial charge on any atom is 0.271 e. The quantitative estimate of drug-likeness (QED) is 0.659. The van der Waals surface area contributed by atoms with Gasteiger partial charge in [0, 0.05) is 24.4 Å². The maximum absolute atomic E-state index is 12.3. The normalized spacial score (nSPS) is 18.7. The summed E-state index contributed by atoms with van der Waals surface area (Å²) in [6.45, 7) is 2.51. The summed E-state index contributed by atoms with van der Waals surface area (Å²) in [6.07, 6.45) is 2.69. The molecule has 120 valence electrons. The Hall–Kier alpha value is -2.62. The van der Waals surface area contributed by atoms with Gasteiger partial charge in [0.05, 0.1) is 17.5 Å². The molecular formula is C16H18N4O3. The third-order valence-corrected chi connectivity index (χ3v) is 4.63. The predicted octanol–water partition coefficient (Wildman–Crippen LogP) is 1.77. The van der Waals surface area contributed by atoms with Crippen LogP contribution < -0.4 is 10.2 Å². The van der Waals surface area contributed by atoms with Gasteiger partial charge in [-0.05, 0) is 37.7 Å². The molecule has 0 unspecified atom stereocenters. The summed E-state index contributed by atoms with van der Waals surface area (Å²) >= 11 is 0. The number of nitro benzene ring substituents is 1. The summed E-state index contributed by atoms with van der Waals surface area (Å²) in [5.41, 5.74) is 0.950. The smallest absolute Gasteiger partial charge is 0.271 e. The lowest BCUT2D eigenvalue weighted by molar-refractivity contribution is -0.384. The predicted molar refractivity (Wildman–Crippen MR) is 83.9 cm³/mol. The molecule has 23 heavy (non-hydrogen) atoms. The van der Waals surface area contributed by atoms with Gasteiger partial charge >= 0.3 is 0 Å². The monoisotopic (exact) mass is 314 g/mol. The number of benzene rings is 1. The van der Waals surface area contributed by atoms with Crippen LogP contribution in [0.15, 0.2) is 18.2 Å². The third kappa shape index (κ3) is 2.97. The Bertz CT molecular complexity index is 708. The van der Waals surface area contributed by atoms with Crippen molar-refractivity contribution in [1.82, 2.24) is 5.32 Å². The van der Waals surface area contributed by atoms with E-state index in [0.29, 0.717) is 6.54 Å². The Morgan fingerprint density at radius 1 is 1.57 bits per heavy atom. The van der Waals surface area contributed by atoms with E-state index in [-0.39, 0.29) is 24.1 Å². The second-order valence-corrected chi connectivity index (χ2v) is 6.38. The molecular weight excluding hydrogens is 296 g/mol. The second-order valence-electron chi connectivity index (χ2n) is 6.38. The van der Waals surface area contributed by atoms with E-state index < -0.39 is 10.5 Å². The zero-order valence-corrected chi connectivity index (χ0v) is 12.9. The molecule has 0 saturated heterocycles. The molecule has 1 amide bonds. The van der Waals surface area contributed by atoms with Gasteiger partial charge < -0.3 is 10.2 Å². The van der Waals surface area contributed by atoms with E-state index in [1.807, 2.05) is 4.90 Å². The highest BCUT2D eigenvalue weighted by Gasteiger charge is 2.43. The Morgan fingerprint density at radius 2 is 2.30 bits per heavy atom. The van der Waals surface area contributed by atoms with Crippen molar-refractivity contribution in [2.24, 2.45) is 5.92 Å². The minimum atomic E-state index is -0.817. The van der Waals surface area contributed by atoms with Crippen molar-refractivity contribution in [3.63, 3.8) is 0 Å². The number of amides is 1. The average Bonchev–Trinajstić information content (AvgIpc) is 3.31. The number of nitriles is 1. The molecule has 1 heterocycles. The molecule has 1 saturated carbocycles. The molecule has 1 aromatic carbocycles. The minimum absolute atomic E-state index is 0.0240. The molecule has 3 rings (SSSR count). The lowest BCUT2D eigenvalue weighted by atomic mass is 9.98. The molecule has 7 nitrogen and oxygen atoms in total. The number of non-ortho nitro benzene ring substituents is 1. The molecule has 0 aromatic heterocycles. The molecule has 1 aromatic rings. The highest BCUT2D eigenvalue weighted by Crippen LogP contribution is 2.39. The molecule has 1 fully saturated rings. The van der Waals surface area contributed by atoms with Crippen molar-refractivity contribution in [3.8, 4) is 6.07 Å². The van der Waals surface area contributed by atoms with Crippen LogP contribution in [0, 0.1) is 27.4 Å². The number of nitrogens with one attached hydrogen (secondary N) is 1. The van der Waals surface area contributed by atoms with Crippen molar-refractivity contribution in [3.05, 3.63) is 33.9 Å². The van der Waals surface area contributed by atoms with Crippen LogP contribution in [0.5, 0.6) is 0 Å². The number of hydrogen-bond acceptors (Lipinski definition) is 5. The maximum atomic E-state index is 12.3. The largest absolute Gasteiger partial charge is 0.361 e. The van der Waals surface area contributed by atoms with Crippen LogP contribution in [0.4, 0.5) is 11.4 Å². The first-order chi connectivity index (χ1) is 10.9. The van der Waals surface area contributed by atoms with Crippen LogP contribution in [-0.2, 0) is 11.2 Å². The number of hydrogen-bond donors (Lipinski definition) is 1. The van der Waals surface area contributed by atoms with Crippen LogP contribution in [0.3, 0.4) is 0 Å². The fraction of sp³-hybridized carbons (Fsp3) is 0.500. The van der Waals surface area contributed by atoms with Gasteiger partial charge in [-0.25, -0.2) is 0 Å². The lowest BCUT2D eigenvalue weighted by Crippen LogP contribution is -2.50. The topological polar surface area (TPSA) is 99.3 Å². The van der Waals surface area contributed by atoms with Gasteiger partial charge in [0.25, 0.3) is 5.69 Å². The Balaban J connectivity index is 1.71. The molecule has 7 heteroatoms. The molecule has 1 atom stereocenters. The second kappa shape index (κ2) is 5.54. The molecule has 0 radical (unpaired) electrons. The molecule has 0 bridgehead atoms. The van der Waals surface area contributed by atoms with Gasteiger partial charge in [-0.1, -0.05) is 6.07 Å². The standard InChI is InChI=1S/C16H18N4O3/c1-16(10-17,12-3-4-12)18-15(21)9-19-7-6-11-2-5-13(20(22)23)8-14(11)19/h2,5,8,12H,3-4,6-7,9H2,1H3,(H,18,21)/t16-/m0/s1. The highest BCUT2D eigenvalue weighted by molar-refractivity contribution is 5.83. The molecule has 1 N–H and O–H groups in total. The average molecular weight is 314 g/mol. The number of fused-ring (bicyclic) bond motifs is 1. The van der Waals surface area contributed by atoms with Crippen LogP contribution >= 0.6 is 0 Å². The van der Waals surface area contributed by atoms with Gasteiger partial charge in [0.2, 0.25) is 5.91 Å². The van der Waals surface area contributed by atoms with E-state index in [4.69, 9.17) is 0 Å². The van der Waals surface area contributed by atoms with Gasteiger partial charge in [-0.3, -0.25) is 14.9 Å². The first-order valence-electron chi connectivity index (χ1n) is 7.67. The van der Waals surface area contributed by atoms with Crippen molar-refractivity contribution < 1.29 is 9.72 Å². The summed E-state index contributed by atoms with van der Waals surface area (Å²) in [6, 6.07) is 6.95. The zero-order chi connectivity index (χ0) is 16.6. The minimum Gasteiger partial charge on any atom is -0.361 e. The van der Waals surface area contributed by atoms with E-state index in [2.05, 4.69) is 11.4 Å². The van der Waals surface area contributed by atoms with Crippen LogP contribution in [0.2, 0.25) is 0 Å². The Morgan fingerprint density at radius 3 is 2.91 bits per heavy atom. The van der Waals surface area contributed by atoms with Crippen molar-refractivity contribution >= 4 is 17.3 Å². The number of rotatable bonds is 5. The number of nitrogens with zero attached hydrogens (tertiary/aromatic N) is 3. The summed E-state index contributed by atoms with van der Waals surface area (Å²) in [5.74, 6) is 0.00343. The molecule has 1 aliphatic carbocycles. The number of nitro groups is 1. The van der Waals surface area contributed by atoms with Gasteiger partial charge in [-0.2, -0.15) is 5.26 Å². The summed E-state index contributed by atoms with van der Waals surface area (Å²) < 4.78 is 0. The molecule has 0 spiro atoms. The number of anilines is 1. The summed E-state index contributed by atoms with van der Waals surface area (Å²) in [4.78, 5) is 24.6. The molecule has 1 aliphatic heterocycles. The van der Waals surface area contributed by atoms with E-state index in [1.165, 1.54) is 12.1 Å². The summed E-state index contributed by atoms with van der Waals surface area (Å²) in [5, 5.41) is 23.0. The van der Waals surface area contributed by atoms with Gasteiger partial charge in [0.1, 0.15) is 5.54 Å².